The van der Waals surface area contributed by atoms with E-state index in [0.29, 0.717) is 56.8 Å². The van der Waals surface area contributed by atoms with Crippen LogP contribution in [0.25, 0.3) is 11.1 Å². The number of hydrogen-bond acceptors (Lipinski definition) is 7. The molecule has 2 bridgehead atoms. The molecule has 0 saturated heterocycles. The van der Waals surface area contributed by atoms with Gasteiger partial charge in [0.15, 0.2) is 11.6 Å². The van der Waals surface area contributed by atoms with Crippen LogP contribution < -0.4 is 10.6 Å². The molecule has 2 aromatic heterocycles. The van der Waals surface area contributed by atoms with Gasteiger partial charge in [0.25, 0.3) is 11.8 Å². The number of imidazole rings is 2. The number of carbonyl (C=O) groups is 3. The van der Waals surface area contributed by atoms with Gasteiger partial charge in [-0.2, -0.15) is 0 Å². The minimum absolute atomic E-state index is 0.165. The van der Waals surface area contributed by atoms with E-state index in [-0.39, 0.29) is 24.1 Å². The van der Waals surface area contributed by atoms with Crippen LogP contribution >= 0.6 is 23.2 Å². The summed E-state index contributed by atoms with van der Waals surface area (Å²) >= 11 is 13.9. The third-order valence-corrected chi connectivity index (χ3v) is 13.6. The molecule has 0 spiro atoms. The molecule has 2 amide bonds. The van der Waals surface area contributed by atoms with Crippen LogP contribution in [0.1, 0.15) is 102 Å². The summed E-state index contributed by atoms with van der Waals surface area (Å²) in [5.41, 5.74) is 6.54. The van der Waals surface area contributed by atoms with Gasteiger partial charge in [0, 0.05) is 82.1 Å². The summed E-state index contributed by atoms with van der Waals surface area (Å²) in [6, 6.07) is 10.7. The summed E-state index contributed by atoms with van der Waals surface area (Å²) in [5, 5.41) is 15.5. The third-order valence-electron chi connectivity index (χ3n) is 12.8. The number of aromatic nitrogens is 4. The molecule has 0 atom stereocenters. The predicted octanol–water partition coefficient (Wildman–Crippen LogP) is 7.57. The number of rotatable bonds is 13. The molecule has 4 aliphatic rings. The number of unbranched alkanes of at least 4 members (excludes halogenated alkanes) is 1. The molecule has 8 rings (SSSR count). The highest BCUT2D eigenvalue weighted by molar-refractivity contribution is 6.40. The second-order valence-corrected chi connectivity index (χ2v) is 17.1. The molecule has 3 N–H and O–H groups in total. The van der Waals surface area contributed by atoms with Crippen molar-refractivity contribution in [1.82, 2.24) is 28.9 Å². The summed E-state index contributed by atoms with van der Waals surface area (Å²) < 4.78 is 3.75. The fraction of sp³-hybridized carbons (Fsp3) is 0.500. The van der Waals surface area contributed by atoms with E-state index < -0.39 is 5.97 Å². The largest absolute Gasteiger partial charge is 0.481 e. The van der Waals surface area contributed by atoms with Gasteiger partial charge in [0.1, 0.15) is 0 Å². The van der Waals surface area contributed by atoms with E-state index >= 15 is 0 Å². The van der Waals surface area contributed by atoms with Crippen molar-refractivity contribution >= 4 is 52.4 Å². The van der Waals surface area contributed by atoms with E-state index in [9.17, 15) is 14.4 Å². The zero-order valence-electron chi connectivity index (χ0n) is 32.2. The molecular formula is C42H50Cl2N8O4. The quantitative estimate of drug-likeness (QED) is 0.118. The Labute approximate surface area is 337 Å². The van der Waals surface area contributed by atoms with Crippen molar-refractivity contribution < 1.29 is 19.5 Å². The average Bonchev–Trinajstić information content (AvgIpc) is 3.96. The maximum atomic E-state index is 13.7. The van der Waals surface area contributed by atoms with Crippen LogP contribution in [-0.2, 0) is 44.8 Å². The van der Waals surface area contributed by atoms with Crippen molar-refractivity contribution in [2.24, 2.45) is 25.4 Å². The van der Waals surface area contributed by atoms with Gasteiger partial charge in [-0.15, -0.1) is 0 Å². The van der Waals surface area contributed by atoms with E-state index in [1.807, 2.05) is 41.4 Å². The second kappa shape index (κ2) is 16.0. The van der Waals surface area contributed by atoms with Gasteiger partial charge in [-0.1, -0.05) is 47.5 Å². The molecule has 0 unspecified atom stereocenters. The average molecular weight is 802 g/mol. The molecule has 0 radical (unpaired) electrons. The predicted molar refractivity (Wildman–Crippen MR) is 217 cm³/mol. The van der Waals surface area contributed by atoms with Crippen LogP contribution in [0.4, 0.5) is 11.4 Å². The summed E-state index contributed by atoms with van der Waals surface area (Å²) in [6.07, 6.45) is 11.5. The van der Waals surface area contributed by atoms with Gasteiger partial charge >= 0.3 is 5.97 Å². The molecule has 56 heavy (non-hydrogen) atoms. The molecule has 2 aliphatic carbocycles. The monoisotopic (exact) mass is 800 g/mol. The minimum Gasteiger partial charge on any atom is -0.481 e. The van der Waals surface area contributed by atoms with Gasteiger partial charge in [0.2, 0.25) is 0 Å². The van der Waals surface area contributed by atoms with Crippen molar-refractivity contribution in [3.63, 3.8) is 0 Å². The Hall–Kier alpha value is -4.23. The van der Waals surface area contributed by atoms with Gasteiger partial charge in [-0.05, 0) is 87.9 Å². The van der Waals surface area contributed by atoms with Crippen molar-refractivity contribution in [3.8, 4) is 11.1 Å². The number of carboxylic acids is 1. The lowest BCUT2D eigenvalue weighted by Gasteiger charge is -2.32. The fourth-order valence-electron chi connectivity index (χ4n) is 9.65. The zero-order chi connectivity index (χ0) is 39.1. The smallest absolute Gasteiger partial charge is 0.303 e. The first-order chi connectivity index (χ1) is 27.0. The van der Waals surface area contributed by atoms with Gasteiger partial charge in [-0.3, -0.25) is 24.2 Å². The molecule has 12 nitrogen and oxygen atoms in total. The first-order valence-corrected chi connectivity index (χ1v) is 20.7. The Morgan fingerprint density at radius 1 is 0.786 bits per heavy atom. The van der Waals surface area contributed by atoms with Crippen molar-refractivity contribution in [3.05, 3.63) is 80.9 Å². The minimum atomic E-state index is -0.780. The van der Waals surface area contributed by atoms with E-state index in [0.717, 1.165) is 80.7 Å². The first kappa shape index (κ1) is 38.6. The first-order valence-electron chi connectivity index (χ1n) is 19.9. The van der Waals surface area contributed by atoms with E-state index in [2.05, 4.69) is 20.4 Å². The number of fused-ring (bicyclic) bond motifs is 4. The highest BCUT2D eigenvalue weighted by Crippen LogP contribution is 2.56. The van der Waals surface area contributed by atoms with Crippen LogP contribution in [0.15, 0.2) is 36.4 Å². The second-order valence-electron chi connectivity index (χ2n) is 16.3. The topological polar surface area (TPSA) is 138 Å². The Morgan fingerprint density at radius 3 is 1.79 bits per heavy atom. The number of anilines is 2. The number of carboxylic acid groups (broad SMARTS) is 1. The highest BCUT2D eigenvalue weighted by atomic mass is 35.5. The van der Waals surface area contributed by atoms with E-state index in [1.165, 1.54) is 38.5 Å². The Balaban J connectivity index is 0.925. The summed E-state index contributed by atoms with van der Waals surface area (Å²) in [4.78, 5) is 52.5. The van der Waals surface area contributed by atoms with Crippen molar-refractivity contribution in [2.45, 2.75) is 83.7 Å². The van der Waals surface area contributed by atoms with Crippen LogP contribution in [-0.4, -0.2) is 78.0 Å². The normalized spacial score (nSPS) is 20.5. The molecule has 2 saturated carbocycles. The number of halogens is 2. The summed E-state index contributed by atoms with van der Waals surface area (Å²) in [7, 11) is 3.75. The lowest BCUT2D eigenvalue weighted by molar-refractivity contribution is -0.137. The Bertz CT molecular complexity index is 2170. The van der Waals surface area contributed by atoms with Gasteiger partial charge < -0.3 is 24.9 Å². The lowest BCUT2D eigenvalue weighted by atomic mass is 9.81. The molecule has 2 aromatic carbocycles. The van der Waals surface area contributed by atoms with Crippen molar-refractivity contribution in [2.75, 3.05) is 36.8 Å². The van der Waals surface area contributed by atoms with E-state index in [4.69, 9.17) is 38.3 Å². The van der Waals surface area contributed by atoms with Crippen molar-refractivity contribution in [1.29, 1.82) is 0 Å². The molecule has 4 heterocycles. The SMILES string of the molecule is Cn1c(C(=O)Nc2cccc(-c3cccc(NC(=O)c4nc5c(n4C)CCN(CCC46CCC(CC4)C6)C5)c3Cl)c2Cl)nc2c1CCN(CCCCC(=O)O)C2. The number of amides is 2. The van der Waals surface area contributed by atoms with Crippen LogP contribution in [0.3, 0.4) is 0 Å². The molecule has 296 valence electrons. The number of carbonyl (C=O) groups excluding carboxylic acids is 2. The Morgan fingerprint density at radius 2 is 1.30 bits per heavy atom. The zero-order valence-corrected chi connectivity index (χ0v) is 33.7. The lowest BCUT2D eigenvalue weighted by Crippen LogP contribution is -2.34. The number of benzene rings is 2. The van der Waals surface area contributed by atoms with Crippen LogP contribution in [0, 0.1) is 11.3 Å². The molecular weight excluding hydrogens is 751 g/mol. The van der Waals surface area contributed by atoms with E-state index in [1.54, 1.807) is 18.2 Å². The third kappa shape index (κ3) is 7.73. The standard InChI is InChI=1S/C42H50Cl2N8O4/c1-49-33-14-20-51(19-4-3-11-35(53)54)24-31(33)45-38(49)40(55)47-29-9-5-7-27(36(29)43)28-8-6-10-30(37(28)44)48-41(56)39-46-32-25-52(21-15-34(32)50(39)2)22-18-42-16-12-26(23-42)13-17-42/h5-10,26H,3-4,11-25H2,1-2H3,(H,47,55)(H,48,56)(H,53,54). The van der Waals surface area contributed by atoms with Crippen LogP contribution in [0.5, 0.6) is 0 Å². The maximum Gasteiger partial charge on any atom is 0.303 e. The number of hydrogen-bond donors (Lipinski definition) is 3. The summed E-state index contributed by atoms with van der Waals surface area (Å²) in [5.74, 6) is 0.0956. The number of nitrogens with one attached hydrogen (secondary N) is 2. The molecule has 4 aromatic rings. The number of aliphatic carboxylic acids is 1. The number of nitrogens with zero attached hydrogens (tertiary/aromatic N) is 6. The highest BCUT2D eigenvalue weighted by Gasteiger charge is 2.44. The molecule has 2 aliphatic heterocycles. The fourth-order valence-corrected chi connectivity index (χ4v) is 10.2. The summed E-state index contributed by atoms with van der Waals surface area (Å²) in [6.45, 7) is 5.03. The van der Waals surface area contributed by atoms with Crippen LogP contribution in [0.2, 0.25) is 10.0 Å². The maximum absolute atomic E-state index is 13.7. The molecule has 2 fully saturated rings. The van der Waals surface area contributed by atoms with Gasteiger partial charge in [0.05, 0.1) is 32.8 Å². The molecule has 14 heteroatoms. The van der Waals surface area contributed by atoms with Gasteiger partial charge in [-0.25, -0.2) is 9.97 Å². The Kier molecular flexibility index (Phi) is 11.0.